The summed E-state index contributed by atoms with van der Waals surface area (Å²) in [5.41, 5.74) is 0.674. The third-order valence-electron chi connectivity index (χ3n) is 1.62. The molecule has 1 aromatic heterocycles. The van der Waals surface area contributed by atoms with E-state index in [0.29, 0.717) is 10.7 Å². The van der Waals surface area contributed by atoms with Gasteiger partial charge in [0.15, 0.2) is 0 Å². The predicted octanol–water partition coefficient (Wildman–Crippen LogP) is 3.46. The van der Waals surface area contributed by atoms with E-state index in [4.69, 9.17) is 11.6 Å². The Bertz CT molecular complexity index is 318. The number of pyridine rings is 1. The van der Waals surface area contributed by atoms with E-state index in [9.17, 15) is 8.78 Å². The number of hydrogen-bond acceptors (Lipinski definition) is 2. The third-order valence-corrected chi connectivity index (χ3v) is 1.92. The summed E-state index contributed by atoms with van der Waals surface area (Å²) in [6.45, 7) is 0.988. The van der Waals surface area contributed by atoms with Gasteiger partial charge in [0.2, 0.25) is 0 Å². The molecule has 78 valence electrons. The first-order valence-corrected chi connectivity index (χ1v) is 4.48. The third kappa shape index (κ3) is 2.80. The lowest BCUT2D eigenvalue weighted by Crippen LogP contribution is -2.03. The second-order valence-electron chi connectivity index (χ2n) is 3.07. The van der Waals surface area contributed by atoms with Crippen molar-refractivity contribution in [1.82, 2.24) is 4.98 Å². The molecule has 0 aliphatic rings. The molecule has 0 radical (unpaired) electrons. The summed E-state index contributed by atoms with van der Waals surface area (Å²) in [5.74, 6) is 0.137. The van der Waals surface area contributed by atoms with Crippen LogP contribution in [0.4, 0.5) is 8.78 Å². The molecule has 0 saturated heterocycles. The van der Waals surface area contributed by atoms with Crippen molar-refractivity contribution in [2.24, 2.45) is 0 Å². The van der Waals surface area contributed by atoms with Crippen molar-refractivity contribution in [3.05, 3.63) is 23.0 Å². The molecule has 1 heterocycles. The van der Waals surface area contributed by atoms with Crippen LogP contribution in [-0.2, 0) is 0 Å². The molecule has 0 bridgehead atoms. The van der Waals surface area contributed by atoms with E-state index in [1.165, 1.54) is 12.3 Å². The van der Waals surface area contributed by atoms with E-state index in [2.05, 4.69) is 9.72 Å². The molecule has 0 aromatic carbocycles. The molecule has 0 unspecified atom stereocenters. The van der Waals surface area contributed by atoms with Crippen LogP contribution in [0.2, 0.25) is 5.02 Å². The van der Waals surface area contributed by atoms with Crippen LogP contribution in [0, 0.1) is 0 Å². The molecule has 0 aliphatic carbocycles. The highest BCUT2D eigenvalue weighted by Gasteiger charge is 2.10. The van der Waals surface area contributed by atoms with Crippen molar-refractivity contribution in [2.45, 2.75) is 26.4 Å². The fraction of sp³-hybridized carbons (Fsp3) is 0.444. The monoisotopic (exact) mass is 221 g/mol. The SMILES string of the molecule is CC(C)c1ncc(OC(F)F)cc1Cl. The summed E-state index contributed by atoms with van der Waals surface area (Å²) in [6, 6.07) is 1.34. The molecule has 0 aliphatic heterocycles. The first-order valence-electron chi connectivity index (χ1n) is 4.11. The number of aromatic nitrogens is 1. The van der Waals surface area contributed by atoms with Gasteiger partial charge in [0.1, 0.15) is 5.75 Å². The van der Waals surface area contributed by atoms with Gasteiger partial charge in [-0.2, -0.15) is 8.78 Å². The van der Waals surface area contributed by atoms with Gasteiger partial charge in [-0.05, 0) is 5.92 Å². The molecule has 5 heteroatoms. The second-order valence-corrected chi connectivity index (χ2v) is 3.48. The van der Waals surface area contributed by atoms with Crippen molar-refractivity contribution in [3.8, 4) is 5.75 Å². The Morgan fingerprint density at radius 2 is 2.07 bits per heavy atom. The Morgan fingerprint density at radius 1 is 1.43 bits per heavy atom. The molecule has 0 spiro atoms. The number of ether oxygens (including phenoxy) is 1. The van der Waals surface area contributed by atoms with E-state index < -0.39 is 6.61 Å². The molecule has 14 heavy (non-hydrogen) atoms. The Kier molecular flexibility index (Phi) is 3.63. The average molecular weight is 222 g/mol. The fourth-order valence-electron chi connectivity index (χ4n) is 1.02. The smallest absolute Gasteiger partial charge is 0.387 e. The van der Waals surface area contributed by atoms with Crippen LogP contribution in [0.5, 0.6) is 5.75 Å². The van der Waals surface area contributed by atoms with Gasteiger partial charge in [0, 0.05) is 6.07 Å². The van der Waals surface area contributed by atoms with Gasteiger partial charge < -0.3 is 4.74 Å². The Morgan fingerprint density at radius 3 is 2.50 bits per heavy atom. The van der Waals surface area contributed by atoms with Crippen LogP contribution in [0.3, 0.4) is 0 Å². The minimum absolute atomic E-state index is 0.0191. The summed E-state index contributed by atoms with van der Waals surface area (Å²) in [4.78, 5) is 3.94. The first-order chi connectivity index (χ1) is 6.50. The minimum Gasteiger partial charge on any atom is -0.433 e. The van der Waals surface area contributed by atoms with Crippen molar-refractivity contribution in [2.75, 3.05) is 0 Å². The minimum atomic E-state index is -2.85. The van der Waals surface area contributed by atoms with Gasteiger partial charge in [-0.3, -0.25) is 4.98 Å². The summed E-state index contributed by atoms with van der Waals surface area (Å²) in [7, 11) is 0. The van der Waals surface area contributed by atoms with Crippen LogP contribution in [0.25, 0.3) is 0 Å². The molecule has 0 amide bonds. The molecule has 2 nitrogen and oxygen atoms in total. The van der Waals surface area contributed by atoms with Crippen LogP contribution in [0.1, 0.15) is 25.5 Å². The van der Waals surface area contributed by atoms with E-state index >= 15 is 0 Å². The molecule has 1 rings (SSSR count). The van der Waals surface area contributed by atoms with Crippen molar-refractivity contribution in [1.29, 1.82) is 0 Å². The van der Waals surface area contributed by atoms with E-state index in [1.807, 2.05) is 13.8 Å². The average Bonchev–Trinajstić information content (AvgIpc) is 2.01. The Hall–Kier alpha value is -0.900. The lowest BCUT2D eigenvalue weighted by Gasteiger charge is -2.09. The van der Waals surface area contributed by atoms with Gasteiger partial charge in [-0.25, -0.2) is 0 Å². The molecule has 0 atom stereocenters. The molecular formula is C9H10ClF2NO. The Labute approximate surface area is 85.9 Å². The highest BCUT2D eigenvalue weighted by molar-refractivity contribution is 6.31. The highest BCUT2D eigenvalue weighted by atomic mass is 35.5. The normalized spacial score (nSPS) is 11.1. The van der Waals surface area contributed by atoms with E-state index in [0.717, 1.165) is 0 Å². The van der Waals surface area contributed by atoms with E-state index in [-0.39, 0.29) is 11.7 Å². The first kappa shape index (κ1) is 11.2. The zero-order valence-corrected chi connectivity index (χ0v) is 8.55. The van der Waals surface area contributed by atoms with Crippen molar-refractivity contribution in [3.63, 3.8) is 0 Å². The van der Waals surface area contributed by atoms with Gasteiger partial charge >= 0.3 is 6.61 Å². The van der Waals surface area contributed by atoms with Crippen molar-refractivity contribution < 1.29 is 13.5 Å². The van der Waals surface area contributed by atoms with Gasteiger partial charge in [-0.1, -0.05) is 25.4 Å². The summed E-state index contributed by atoms with van der Waals surface area (Å²) in [5, 5.41) is 0.346. The summed E-state index contributed by atoms with van der Waals surface area (Å²) >= 11 is 5.82. The van der Waals surface area contributed by atoms with Crippen LogP contribution in [-0.4, -0.2) is 11.6 Å². The van der Waals surface area contributed by atoms with Crippen LogP contribution < -0.4 is 4.74 Å². The zero-order valence-electron chi connectivity index (χ0n) is 7.80. The summed E-state index contributed by atoms with van der Waals surface area (Å²) < 4.78 is 27.8. The molecular weight excluding hydrogens is 212 g/mol. The molecule has 0 saturated carbocycles. The maximum atomic E-state index is 11.8. The second kappa shape index (κ2) is 4.55. The molecule has 0 N–H and O–H groups in total. The number of nitrogens with zero attached hydrogens (tertiary/aromatic N) is 1. The van der Waals surface area contributed by atoms with Gasteiger partial charge in [-0.15, -0.1) is 0 Å². The number of hydrogen-bond donors (Lipinski definition) is 0. The van der Waals surface area contributed by atoms with Crippen LogP contribution >= 0.6 is 11.6 Å². The van der Waals surface area contributed by atoms with E-state index in [1.54, 1.807) is 0 Å². The highest BCUT2D eigenvalue weighted by Crippen LogP contribution is 2.26. The topological polar surface area (TPSA) is 22.1 Å². The zero-order chi connectivity index (χ0) is 10.7. The maximum absolute atomic E-state index is 11.8. The number of rotatable bonds is 3. The molecule has 0 fully saturated rings. The maximum Gasteiger partial charge on any atom is 0.387 e. The fourth-order valence-corrected chi connectivity index (χ4v) is 1.40. The molecule has 1 aromatic rings. The predicted molar refractivity (Wildman–Crippen MR) is 50.0 cm³/mol. The Balaban J connectivity index is 2.89. The lowest BCUT2D eigenvalue weighted by molar-refractivity contribution is -0.0500. The standard InChI is InChI=1S/C9H10ClF2NO/c1-5(2)8-7(10)3-6(4-13-8)14-9(11)12/h3-5,9H,1-2H3. The van der Waals surface area contributed by atoms with Gasteiger partial charge in [0.25, 0.3) is 0 Å². The van der Waals surface area contributed by atoms with Gasteiger partial charge in [0.05, 0.1) is 16.9 Å². The number of alkyl halides is 2. The summed E-state index contributed by atoms with van der Waals surface area (Å²) in [6.07, 6.45) is 1.24. The number of halogens is 3. The van der Waals surface area contributed by atoms with Crippen molar-refractivity contribution >= 4 is 11.6 Å². The quantitative estimate of drug-likeness (QED) is 0.780. The van der Waals surface area contributed by atoms with Crippen LogP contribution in [0.15, 0.2) is 12.3 Å². The lowest BCUT2D eigenvalue weighted by atomic mass is 10.1. The largest absolute Gasteiger partial charge is 0.433 e.